The molecule has 1 N–H and O–H groups in total. The molecule has 0 spiro atoms. The van der Waals surface area contributed by atoms with E-state index in [1.165, 1.54) is 6.07 Å². The van der Waals surface area contributed by atoms with Crippen molar-refractivity contribution in [2.45, 2.75) is 19.4 Å². The maximum Gasteiger partial charge on any atom is 0.159 e. The van der Waals surface area contributed by atoms with E-state index in [0.29, 0.717) is 6.42 Å². The molecule has 102 valence electrons. The Labute approximate surface area is 120 Å². The van der Waals surface area contributed by atoms with Crippen molar-refractivity contribution in [3.05, 3.63) is 56.2 Å². The molecule has 0 bridgehead atoms. The van der Waals surface area contributed by atoms with Crippen molar-refractivity contribution in [1.29, 1.82) is 0 Å². The van der Waals surface area contributed by atoms with E-state index < -0.39 is 11.6 Å². The Hall–Kier alpha value is -0.970. The van der Waals surface area contributed by atoms with Crippen molar-refractivity contribution in [2.75, 3.05) is 7.05 Å². The molecule has 5 heteroatoms. The molecule has 0 aliphatic carbocycles. The highest BCUT2D eigenvalue weighted by atomic mass is 35.5. The summed E-state index contributed by atoms with van der Waals surface area (Å²) in [5.41, 5.74) is 1.77. The van der Waals surface area contributed by atoms with Crippen LogP contribution in [0.5, 0.6) is 0 Å². The van der Waals surface area contributed by atoms with Crippen LogP contribution in [-0.2, 0) is 6.42 Å². The van der Waals surface area contributed by atoms with E-state index in [4.69, 9.17) is 11.6 Å². The first kappa shape index (κ1) is 14.4. The zero-order valence-electron chi connectivity index (χ0n) is 10.6. The van der Waals surface area contributed by atoms with Gasteiger partial charge in [0.1, 0.15) is 0 Å². The van der Waals surface area contributed by atoms with Gasteiger partial charge < -0.3 is 5.32 Å². The number of likely N-dealkylation sites (N-methyl/N-ethyl adjacent to an activating group) is 1. The van der Waals surface area contributed by atoms with E-state index in [-0.39, 0.29) is 6.04 Å². The van der Waals surface area contributed by atoms with Crippen molar-refractivity contribution in [1.82, 2.24) is 5.32 Å². The van der Waals surface area contributed by atoms with Crippen LogP contribution in [-0.4, -0.2) is 7.05 Å². The Morgan fingerprint density at radius 3 is 2.58 bits per heavy atom. The summed E-state index contributed by atoms with van der Waals surface area (Å²) in [6, 6.07) is 3.97. The molecule has 0 radical (unpaired) electrons. The first-order chi connectivity index (χ1) is 9.02. The number of rotatable bonds is 4. The summed E-state index contributed by atoms with van der Waals surface area (Å²) in [5.74, 6) is -1.64. The molecular formula is C14H14ClF2NS. The summed E-state index contributed by atoms with van der Waals surface area (Å²) in [4.78, 5) is 1.02. The summed E-state index contributed by atoms with van der Waals surface area (Å²) >= 11 is 7.81. The van der Waals surface area contributed by atoms with Gasteiger partial charge in [0.05, 0.1) is 5.02 Å². The Kier molecular flexibility index (Phi) is 4.55. The molecule has 0 aliphatic rings. The van der Waals surface area contributed by atoms with Crippen LogP contribution in [0.4, 0.5) is 8.78 Å². The van der Waals surface area contributed by atoms with E-state index in [9.17, 15) is 8.78 Å². The number of nitrogens with one attached hydrogen (secondary N) is 1. The summed E-state index contributed by atoms with van der Waals surface area (Å²) in [7, 11) is 1.83. The summed E-state index contributed by atoms with van der Waals surface area (Å²) in [6.07, 6.45) is 0.563. The molecule has 1 nitrogen and oxygen atoms in total. The molecule has 0 saturated heterocycles. The van der Waals surface area contributed by atoms with Crippen molar-refractivity contribution >= 4 is 22.9 Å². The Morgan fingerprint density at radius 1 is 1.32 bits per heavy atom. The first-order valence-corrected chi connectivity index (χ1v) is 7.13. The highest BCUT2D eigenvalue weighted by molar-refractivity contribution is 7.10. The second-order valence-corrected chi connectivity index (χ2v) is 5.68. The average molecular weight is 302 g/mol. The predicted molar refractivity (Wildman–Crippen MR) is 75.9 cm³/mol. The molecule has 0 aliphatic heterocycles. The number of hydrogen-bond donors (Lipinski definition) is 1. The number of aryl methyl sites for hydroxylation is 1. The Balaban J connectivity index is 2.24. The topological polar surface area (TPSA) is 12.0 Å². The smallest absolute Gasteiger partial charge is 0.159 e. The summed E-state index contributed by atoms with van der Waals surface area (Å²) < 4.78 is 26.1. The Morgan fingerprint density at radius 2 is 2.05 bits per heavy atom. The van der Waals surface area contributed by atoms with Crippen LogP contribution in [0.2, 0.25) is 5.02 Å². The minimum Gasteiger partial charge on any atom is -0.312 e. The molecule has 2 aromatic rings. The lowest BCUT2D eigenvalue weighted by molar-refractivity contribution is 0.505. The maximum absolute atomic E-state index is 13.2. The third kappa shape index (κ3) is 3.14. The van der Waals surface area contributed by atoms with Crippen molar-refractivity contribution in [2.24, 2.45) is 0 Å². The van der Waals surface area contributed by atoms with Gasteiger partial charge in [-0.05, 0) is 49.0 Å². The minimum absolute atomic E-state index is 0.00365. The number of thiophene rings is 1. The fourth-order valence-electron chi connectivity index (χ4n) is 1.91. The van der Waals surface area contributed by atoms with E-state index in [1.807, 2.05) is 19.4 Å². The van der Waals surface area contributed by atoms with Gasteiger partial charge in [-0.15, -0.1) is 11.3 Å². The first-order valence-electron chi connectivity index (χ1n) is 5.87. The van der Waals surface area contributed by atoms with Gasteiger partial charge in [0.15, 0.2) is 11.6 Å². The average Bonchev–Trinajstić information content (AvgIpc) is 2.72. The van der Waals surface area contributed by atoms with Crippen molar-refractivity contribution in [3.63, 3.8) is 0 Å². The molecule has 0 amide bonds. The Bertz CT molecular complexity index is 583. The molecule has 0 saturated carbocycles. The second-order valence-electron chi connectivity index (χ2n) is 4.39. The van der Waals surface area contributed by atoms with Gasteiger partial charge in [-0.3, -0.25) is 0 Å². The highest BCUT2D eigenvalue weighted by Gasteiger charge is 2.17. The van der Waals surface area contributed by atoms with Gasteiger partial charge in [0, 0.05) is 10.9 Å². The fraction of sp³-hybridized carbons (Fsp3) is 0.286. The maximum atomic E-state index is 13.2. The zero-order valence-corrected chi connectivity index (χ0v) is 12.2. The third-order valence-corrected chi connectivity index (χ3v) is 4.84. The highest BCUT2D eigenvalue weighted by Crippen LogP contribution is 2.33. The lowest BCUT2D eigenvalue weighted by atomic mass is 10.0. The van der Waals surface area contributed by atoms with Gasteiger partial charge in [-0.2, -0.15) is 0 Å². The fourth-order valence-corrected chi connectivity index (χ4v) is 3.35. The van der Waals surface area contributed by atoms with Gasteiger partial charge in [0.2, 0.25) is 0 Å². The quantitative estimate of drug-likeness (QED) is 0.877. The van der Waals surface area contributed by atoms with E-state index in [2.05, 4.69) is 5.32 Å². The van der Waals surface area contributed by atoms with E-state index >= 15 is 0 Å². The molecule has 1 unspecified atom stereocenters. The van der Waals surface area contributed by atoms with Gasteiger partial charge >= 0.3 is 0 Å². The van der Waals surface area contributed by atoms with Gasteiger partial charge in [-0.25, -0.2) is 8.78 Å². The number of hydrogen-bond acceptors (Lipinski definition) is 2. The van der Waals surface area contributed by atoms with Crippen molar-refractivity contribution < 1.29 is 8.78 Å². The second kappa shape index (κ2) is 5.99. The number of halogens is 3. The lowest BCUT2D eigenvalue weighted by Gasteiger charge is -2.15. The molecule has 1 aromatic heterocycles. The lowest BCUT2D eigenvalue weighted by Crippen LogP contribution is -2.18. The normalized spacial score (nSPS) is 12.7. The molecule has 19 heavy (non-hydrogen) atoms. The van der Waals surface area contributed by atoms with Crippen LogP contribution in [0.1, 0.15) is 22.0 Å². The standard InChI is InChI=1S/C14H14ClF2NS/c1-8-7-19-14(13(8)15)12(18-2)6-9-3-4-10(16)11(17)5-9/h3-5,7,12,18H,6H2,1-2H3. The zero-order chi connectivity index (χ0) is 14.0. The van der Waals surface area contributed by atoms with Crippen LogP contribution >= 0.6 is 22.9 Å². The molecule has 1 aromatic carbocycles. The molecular weight excluding hydrogens is 288 g/mol. The predicted octanol–water partition coefficient (Wildman–Crippen LogP) is 4.49. The largest absolute Gasteiger partial charge is 0.312 e. The monoisotopic (exact) mass is 301 g/mol. The van der Waals surface area contributed by atoms with Crippen LogP contribution in [0.25, 0.3) is 0 Å². The van der Waals surface area contributed by atoms with Gasteiger partial charge in [-0.1, -0.05) is 17.7 Å². The SMILES string of the molecule is CNC(Cc1ccc(F)c(F)c1)c1scc(C)c1Cl. The van der Waals surface area contributed by atoms with E-state index in [1.54, 1.807) is 17.4 Å². The minimum atomic E-state index is -0.824. The van der Waals surface area contributed by atoms with Crippen LogP contribution in [0.3, 0.4) is 0 Å². The third-order valence-electron chi connectivity index (χ3n) is 3.01. The molecule has 2 rings (SSSR count). The summed E-state index contributed by atoms with van der Waals surface area (Å²) in [5, 5.41) is 5.90. The van der Waals surface area contributed by atoms with Crippen molar-refractivity contribution in [3.8, 4) is 0 Å². The van der Waals surface area contributed by atoms with Gasteiger partial charge in [0.25, 0.3) is 0 Å². The molecule has 1 heterocycles. The number of benzene rings is 1. The molecule has 1 atom stereocenters. The van der Waals surface area contributed by atoms with Crippen LogP contribution < -0.4 is 5.32 Å². The van der Waals surface area contributed by atoms with E-state index in [0.717, 1.165) is 27.1 Å². The van der Waals surface area contributed by atoms with Crippen LogP contribution in [0, 0.1) is 18.6 Å². The van der Waals surface area contributed by atoms with Crippen LogP contribution in [0.15, 0.2) is 23.6 Å². The molecule has 0 fully saturated rings. The summed E-state index contributed by atoms with van der Waals surface area (Å²) in [6.45, 7) is 1.95.